The van der Waals surface area contributed by atoms with Gasteiger partial charge in [-0.3, -0.25) is 4.79 Å². The number of benzene rings is 5. The number of aliphatic hydroxyl groups is 4. The highest BCUT2D eigenvalue weighted by Gasteiger charge is 2.69. The van der Waals surface area contributed by atoms with Crippen molar-refractivity contribution in [1.82, 2.24) is 0 Å². The van der Waals surface area contributed by atoms with E-state index < -0.39 is 66.7 Å². The van der Waals surface area contributed by atoms with Crippen LogP contribution in [0.3, 0.4) is 0 Å². The maximum absolute atomic E-state index is 16.3. The highest BCUT2D eigenvalue weighted by molar-refractivity contribution is 5.91. The van der Waals surface area contributed by atoms with Crippen LogP contribution in [0.5, 0.6) is 5.75 Å². The zero-order chi connectivity index (χ0) is 63.6. The second kappa shape index (κ2) is 23.3. The molecule has 5 aromatic carbocycles. The van der Waals surface area contributed by atoms with Crippen molar-refractivity contribution in [3.8, 4) is 17.6 Å². The van der Waals surface area contributed by atoms with Gasteiger partial charge in [0.2, 0.25) is 0 Å². The van der Waals surface area contributed by atoms with Gasteiger partial charge in [-0.1, -0.05) is 158 Å². The fraction of sp³-hybridized carbons (Fsp3) is 0.402. The molecule has 0 radical (unpaired) electrons. The molecule has 10 bridgehead atoms. The van der Waals surface area contributed by atoms with Crippen molar-refractivity contribution in [2.75, 3.05) is 26.6 Å². The van der Waals surface area contributed by atoms with Crippen molar-refractivity contribution in [3.63, 3.8) is 0 Å². The summed E-state index contributed by atoms with van der Waals surface area (Å²) in [5.41, 5.74) is 11.6. The van der Waals surface area contributed by atoms with E-state index in [4.69, 9.17) is 23.4 Å². The van der Waals surface area contributed by atoms with Crippen LogP contribution in [0.1, 0.15) is 179 Å². The van der Waals surface area contributed by atoms with E-state index in [-0.39, 0.29) is 109 Å². The smallest absolute Gasteiger partial charge is 0.340 e. The topological polar surface area (TPSA) is 182 Å². The number of allylic oxidation sites excluding steroid dienone is 7. The number of hydrogen-bond donors (Lipinski definition) is 4. The van der Waals surface area contributed by atoms with E-state index in [1.165, 1.54) is 45.4 Å². The Morgan fingerprint density at radius 1 is 0.766 bits per heavy atom. The third kappa shape index (κ3) is 9.00. The number of aliphatic hydroxyl groups excluding tert-OH is 4. The van der Waals surface area contributed by atoms with Gasteiger partial charge in [0.15, 0.2) is 17.8 Å². The summed E-state index contributed by atoms with van der Waals surface area (Å²) in [5, 5.41) is 43.4. The second-order valence-corrected chi connectivity index (χ2v) is 28.5. The number of carbonyl (C=O) groups excluding carboxylic acids is 2. The molecule has 11 aliphatic rings. The minimum Gasteiger partial charge on any atom is -0.482 e. The molecule has 12 nitrogen and oxygen atoms in total. The fourth-order valence-electron chi connectivity index (χ4n) is 20.6. The molecule has 12 heteroatoms. The molecule has 14 unspecified atom stereocenters. The van der Waals surface area contributed by atoms with Gasteiger partial charge >= 0.3 is 17.6 Å². The Labute approximate surface area is 547 Å². The summed E-state index contributed by atoms with van der Waals surface area (Å²) in [4.78, 5) is 47.4. The molecule has 2 spiro atoms. The molecule has 2 fully saturated rings. The highest BCUT2D eigenvalue weighted by atomic mass is 16.6. The first kappa shape index (κ1) is 59.6. The van der Waals surface area contributed by atoms with E-state index >= 15 is 9.59 Å². The number of fused-ring (bicyclic) bond motifs is 15. The molecule has 0 saturated heterocycles. The Balaban J connectivity index is 0.888. The first-order valence-corrected chi connectivity index (χ1v) is 34.4. The van der Waals surface area contributed by atoms with Gasteiger partial charge in [-0.15, -0.1) is 0 Å². The molecule has 2 saturated carbocycles. The lowest BCUT2D eigenvalue weighted by molar-refractivity contribution is -0.210. The molecule has 478 valence electrons. The maximum atomic E-state index is 16.3. The van der Waals surface area contributed by atoms with Gasteiger partial charge in [0.25, 0.3) is 0 Å². The number of carbonyl (C=O) groups is 2. The summed E-state index contributed by atoms with van der Waals surface area (Å²) in [6.07, 6.45) is 26.4. The van der Waals surface area contributed by atoms with Crippen LogP contribution >= 0.6 is 0 Å². The van der Waals surface area contributed by atoms with Crippen molar-refractivity contribution >= 4 is 40.6 Å². The number of rotatable bonds is 9. The third-order valence-corrected chi connectivity index (χ3v) is 24.5. The number of hydrogen-bond acceptors (Lipinski definition) is 12. The molecule has 14 atom stereocenters. The summed E-state index contributed by atoms with van der Waals surface area (Å²) in [7, 11) is 0. The Morgan fingerprint density at radius 2 is 1.60 bits per heavy atom. The summed E-state index contributed by atoms with van der Waals surface area (Å²) in [6, 6.07) is 35.0. The Hall–Kier alpha value is -8.15. The van der Waals surface area contributed by atoms with Crippen LogP contribution in [0.25, 0.3) is 28.7 Å². The normalized spacial score (nSPS) is 31.4. The first-order chi connectivity index (χ1) is 46.1. The van der Waals surface area contributed by atoms with Crippen molar-refractivity contribution in [2.24, 2.45) is 35.0 Å². The van der Waals surface area contributed by atoms with Gasteiger partial charge in [-0.05, 0) is 172 Å². The van der Waals surface area contributed by atoms with Gasteiger partial charge in [0, 0.05) is 83.3 Å². The van der Waals surface area contributed by atoms with Crippen LogP contribution in [0.15, 0.2) is 160 Å². The monoisotopic (exact) mass is 1250 g/mol. The van der Waals surface area contributed by atoms with Gasteiger partial charge in [-0.25, -0.2) is 9.59 Å². The summed E-state index contributed by atoms with van der Waals surface area (Å²) >= 11 is 0. The predicted octanol–water partition coefficient (Wildman–Crippen LogP) is 13.4. The average Bonchev–Trinajstić information content (AvgIpc) is 1.34. The summed E-state index contributed by atoms with van der Waals surface area (Å²) in [6.45, 7) is -2.16. The van der Waals surface area contributed by atoms with Crippen LogP contribution < -0.4 is 10.4 Å². The molecule has 7 aliphatic carbocycles. The minimum atomic E-state index is -1.44. The van der Waals surface area contributed by atoms with Gasteiger partial charge in [0.05, 0.1) is 25.4 Å². The van der Waals surface area contributed by atoms with Crippen LogP contribution in [0, 0.1) is 46.8 Å². The van der Waals surface area contributed by atoms with E-state index in [9.17, 15) is 25.2 Å². The largest absolute Gasteiger partial charge is 0.482 e. The average molecular weight is 1260 g/mol. The molecule has 94 heavy (non-hydrogen) atoms. The lowest BCUT2D eigenvalue weighted by atomic mass is 9.49. The highest BCUT2D eigenvalue weighted by Crippen LogP contribution is 2.70. The number of ether oxygens (including phenoxy) is 4. The van der Waals surface area contributed by atoms with Gasteiger partial charge in [-0.2, -0.15) is 0 Å². The van der Waals surface area contributed by atoms with E-state index in [1.807, 2.05) is 0 Å². The van der Waals surface area contributed by atoms with Crippen LogP contribution in [-0.2, 0) is 48.7 Å². The zero-order valence-corrected chi connectivity index (χ0v) is 52.8. The number of aryl methyl sites for hydroxylation is 2. The summed E-state index contributed by atoms with van der Waals surface area (Å²) < 4.78 is 34.6. The molecular weight excluding hydrogens is 1180 g/mol. The molecule has 4 aliphatic heterocycles. The second-order valence-electron chi connectivity index (χ2n) is 28.5. The molecular formula is C82H78O12. The van der Waals surface area contributed by atoms with E-state index in [0.29, 0.717) is 72.6 Å². The zero-order valence-electron chi connectivity index (χ0n) is 52.8. The molecule has 1 aromatic heterocycles. The Kier molecular flexibility index (Phi) is 14.8. The molecule has 6 aromatic rings. The van der Waals surface area contributed by atoms with E-state index in [1.54, 1.807) is 12.1 Å². The first-order valence-electron chi connectivity index (χ1n) is 34.4. The van der Waals surface area contributed by atoms with Crippen molar-refractivity contribution in [1.29, 1.82) is 0 Å². The van der Waals surface area contributed by atoms with Crippen molar-refractivity contribution in [2.45, 2.75) is 143 Å². The molecule has 4 N–H and O–H groups in total. The maximum Gasteiger partial charge on any atom is 0.340 e. The van der Waals surface area contributed by atoms with Gasteiger partial charge < -0.3 is 43.8 Å². The van der Waals surface area contributed by atoms with Crippen LogP contribution in [0.2, 0.25) is 0 Å². The molecule has 0 amide bonds. The lowest BCUT2D eigenvalue weighted by Gasteiger charge is -2.56. The minimum absolute atomic E-state index is 0.000439. The Bertz CT molecular complexity index is 4470. The number of esters is 2. The van der Waals surface area contributed by atoms with E-state index in [2.05, 4.69) is 151 Å². The van der Waals surface area contributed by atoms with Crippen molar-refractivity contribution < 1.29 is 53.4 Å². The fourth-order valence-corrected chi connectivity index (χ4v) is 20.6. The van der Waals surface area contributed by atoms with Gasteiger partial charge in [0.1, 0.15) is 18.1 Å². The van der Waals surface area contributed by atoms with Crippen LogP contribution in [0.4, 0.5) is 0 Å². The Morgan fingerprint density at radius 3 is 2.46 bits per heavy atom. The SMILES string of the molecule is O=C1CC2CC(c3cccc4c3C=CC3CCCC5C=Cc6ccccc6C453)C=CC2c2ccc3c(c2)CCC24C=CCC56Oc7ccc8c(CO)c(C(CCO)COCO)c(=O)oc8c7C(O1)C5OC(=O)C(=C(CO)CC#CCC1=CC2C(CC46)c2ccccc21)CC3. The third-order valence-electron chi connectivity index (χ3n) is 24.5. The van der Waals surface area contributed by atoms with E-state index in [0.717, 1.165) is 35.1 Å². The molecule has 5 heterocycles. The predicted molar refractivity (Wildman–Crippen MR) is 357 cm³/mol. The summed E-state index contributed by atoms with van der Waals surface area (Å²) in [5.74, 6) is 4.91. The van der Waals surface area contributed by atoms with Crippen LogP contribution in [-0.4, -0.2) is 70.7 Å². The lowest BCUT2D eigenvalue weighted by Crippen LogP contribution is -2.64. The quantitative estimate of drug-likeness (QED) is 0.0354. The molecule has 17 rings (SSSR count). The van der Waals surface area contributed by atoms with Crippen molar-refractivity contribution in [3.05, 3.63) is 233 Å². The standard InChI is InChI=1S/C82H78O12/c83-37-33-54(45-90-46-86)73-66(44-85)64-30-31-70-74(75(64)92-79(73)89)76-77-81(94-70)35-9-34-80-36-32-49-38-51(21-20-47(49)23-28-61(78(88)93-77)53(43-84)12-2-1-11-50-40-69(80)65(42-71(80)81)62-16-5-4-15-59(50)62)58-27-24-52(39-55(58)41-72(87)91-76)60-17-8-19-68-63(60)29-26-57-14-7-13-56-25-22-48-10-3-6-18-67(48)82(56,57)68/h3-6,8-10,15-22,24-27,29-31,34,38,40,52,54-58,65,69,71,76-77,83-86H,7,11-14,23,28,32-33,35-37,39,41-46H2.